The summed E-state index contributed by atoms with van der Waals surface area (Å²) in [6.45, 7) is 2.31. The highest BCUT2D eigenvalue weighted by atomic mass is 35.5. The van der Waals surface area contributed by atoms with Gasteiger partial charge in [-0.05, 0) is 67.0 Å². The molecule has 1 fully saturated rings. The lowest BCUT2D eigenvalue weighted by molar-refractivity contribution is 0.0686. The first-order chi connectivity index (χ1) is 15.1. The number of fused-ring (bicyclic) bond motifs is 1. The van der Waals surface area contributed by atoms with Crippen LogP contribution in [0.3, 0.4) is 0 Å². The monoisotopic (exact) mass is 455 g/mol. The topological polar surface area (TPSA) is 62.3 Å². The van der Waals surface area contributed by atoms with E-state index in [0.717, 1.165) is 60.2 Å². The van der Waals surface area contributed by atoms with Crippen LogP contribution in [-0.2, 0) is 0 Å². The maximum atomic E-state index is 12.6. The third-order valence-electron chi connectivity index (χ3n) is 5.86. The van der Waals surface area contributed by atoms with Gasteiger partial charge in [-0.25, -0.2) is 0 Å². The number of hydrogen-bond acceptors (Lipinski definition) is 4. The number of thiophene rings is 1. The first kappa shape index (κ1) is 21.8. The van der Waals surface area contributed by atoms with Gasteiger partial charge in [-0.1, -0.05) is 24.4 Å². The molecule has 0 saturated carbocycles. The van der Waals surface area contributed by atoms with Crippen LogP contribution in [-0.4, -0.2) is 41.3 Å². The fraction of sp³-hybridized carbons (Fsp3) is 0.375. The number of nitrogens with zero attached hydrogens (tertiary/aromatic N) is 2. The molecule has 1 aromatic carbocycles. The van der Waals surface area contributed by atoms with Crippen LogP contribution in [0.5, 0.6) is 0 Å². The highest BCUT2D eigenvalue weighted by Gasteiger charge is 2.23. The van der Waals surface area contributed by atoms with Crippen LogP contribution in [0.1, 0.15) is 52.1 Å². The van der Waals surface area contributed by atoms with Crippen molar-refractivity contribution in [1.82, 2.24) is 15.2 Å². The molecule has 2 aromatic heterocycles. The molecule has 3 heterocycles. The Hall–Kier alpha value is -2.44. The summed E-state index contributed by atoms with van der Waals surface area (Å²) >= 11 is 7.39. The number of pyridine rings is 1. The van der Waals surface area contributed by atoms with Crippen LogP contribution in [0.2, 0.25) is 5.02 Å². The van der Waals surface area contributed by atoms with Crippen molar-refractivity contribution in [2.45, 2.75) is 32.1 Å². The number of likely N-dealkylation sites (tertiary alicyclic amines) is 1. The molecular formula is C24H26ClN3O2S. The molecule has 1 aliphatic rings. The Morgan fingerprint density at radius 2 is 1.90 bits per heavy atom. The molecule has 2 amide bonds. The molecule has 0 radical (unpaired) electrons. The summed E-state index contributed by atoms with van der Waals surface area (Å²) in [6.07, 6.45) is 8.84. The normalized spacial score (nSPS) is 14.7. The van der Waals surface area contributed by atoms with Crippen LogP contribution in [0.25, 0.3) is 10.1 Å². The Labute approximate surface area is 191 Å². The zero-order valence-electron chi connectivity index (χ0n) is 17.4. The van der Waals surface area contributed by atoms with Crippen molar-refractivity contribution in [2.75, 3.05) is 19.6 Å². The van der Waals surface area contributed by atoms with Gasteiger partial charge in [-0.15, -0.1) is 11.3 Å². The molecule has 1 N–H and O–H groups in total. The SMILES string of the molecule is O=C(NCCCCC1CCN(C(=O)c2ccc(Cl)cc2)CC1)c1cc2ccncc2s1. The highest BCUT2D eigenvalue weighted by Crippen LogP contribution is 2.25. The van der Waals surface area contributed by atoms with Crippen LogP contribution < -0.4 is 5.32 Å². The van der Waals surface area contributed by atoms with E-state index < -0.39 is 0 Å². The molecule has 4 rings (SSSR count). The molecule has 3 aromatic rings. The second kappa shape index (κ2) is 10.2. The Bertz CT molecular complexity index is 1010. The molecule has 0 atom stereocenters. The smallest absolute Gasteiger partial charge is 0.261 e. The van der Waals surface area contributed by atoms with Gasteiger partial charge in [0.1, 0.15) is 0 Å². The molecular weight excluding hydrogens is 430 g/mol. The molecule has 1 aliphatic heterocycles. The van der Waals surface area contributed by atoms with Gasteiger partial charge in [0.25, 0.3) is 11.8 Å². The number of piperidine rings is 1. The zero-order chi connectivity index (χ0) is 21.6. The van der Waals surface area contributed by atoms with E-state index in [1.54, 1.807) is 36.7 Å². The quantitative estimate of drug-likeness (QED) is 0.485. The van der Waals surface area contributed by atoms with Gasteiger partial charge >= 0.3 is 0 Å². The van der Waals surface area contributed by atoms with Crippen molar-refractivity contribution >= 4 is 44.8 Å². The maximum absolute atomic E-state index is 12.6. The van der Waals surface area contributed by atoms with E-state index in [1.165, 1.54) is 11.3 Å². The minimum Gasteiger partial charge on any atom is -0.351 e. The lowest BCUT2D eigenvalue weighted by Gasteiger charge is -2.32. The number of hydrogen-bond donors (Lipinski definition) is 1. The summed E-state index contributed by atoms with van der Waals surface area (Å²) in [6, 6.07) is 11.0. The predicted molar refractivity (Wildman–Crippen MR) is 126 cm³/mol. The van der Waals surface area contributed by atoms with Crippen LogP contribution in [0.4, 0.5) is 0 Å². The first-order valence-corrected chi connectivity index (χ1v) is 12.0. The van der Waals surface area contributed by atoms with Crippen molar-refractivity contribution in [2.24, 2.45) is 5.92 Å². The minimum atomic E-state index is -0.00443. The number of aromatic nitrogens is 1. The van der Waals surface area contributed by atoms with Crippen molar-refractivity contribution in [3.8, 4) is 0 Å². The molecule has 0 spiro atoms. The molecule has 0 bridgehead atoms. The standard InChI is InChI=1S/C24H26ClN3O2S/c25-20-6-4-18(5-7-20)24(30)28-13-9-17(10-14-28)3-1-2-11-27-23(29)21-15-19-8-12-26-16-22(19)31-21/h4-8,12,15-17H,1-3,9-11,13-14H2,(H,27,29). The number of carbonyl (C=O) groups excluding carboxylic acids is 2. The van der Waals surface area contributed by atoms with Gasteiger partial charge in [0.05, 0.1) is 9.58 Å². The lowest BCUT2D eigenvalue weighted by Crippen LogP contribution is -2.38. The fourth-order valence-electron chi connectivity index (χ4n) is 4.04. The Morgan fingerprint density at radius 1 is 1.13 bits per heavy atom. The van der Waals surface area contributed by atoms with E-state index >= 15 is 0 Å². The lowest BCUT2D eigenvalue weighted by atomic mass is 9.91. The maximum Gasteiger partial charge on any atom is 0.261 e. The summed E-state index contributed by atoms with van der Waals surface area (Å²) in [7, 11) is 0. The third kappa shape index (κ3) is 5.63. The second-order valence-corrected chi connectivity index (χ2v) is 9.54. The van der Waals surface area contributed by atoms with E-state index in [1.807, 2.05) is 17.0 Å². The van der Waals surface area contributed by atoms with E-state index in [-0.39, 0.29) is 11.8 Å². The fourth-order valence-corrected chi connectivity index (χ4v) is 5.12. The number of nitrogens with one attached hydrogen (secondary N) is 1. The number of carbonyl (C=O) groups is 2. The highest BCUT2D eigenvalue weighted by molar-refractivity contribution is 7.20. The molecule has 31 heavy (non-hydrogen) atoms. The molecule has 1 saturated heterocycles. The summed E-state index contributed by atoms with van der Waals surface area (Å²) in [4.78, 5) is 31.7. The van der Waals surface area contributed by atoms with Crippen molar-refractivity contribution in [1.29, 1.82) is 0 Å². The van der Waals surface area contributed by atoms with Gasteiger partial charge in [0, 0.05) is 42.6 Å². The van der Waals surface area contributed by atoms with Gasteiger partial charge < -0.3 is 10.2 Å². The Morgan fingerprint density at radius 3 is 2.65 bits per heavy atom. The number of unbranched alkanes of at least 4 members (excludes halogenated alkanes) is 1. The second-order valence-electron chi connectivity index (χ2n) is 8.02. The minimum absolute atomic E-state index is 0.00443. The van der Waals surface area contributed by atoms with Crippen molar-refractivity contribution in [3.63, 3.8) is 0 Å². The molecule has 162 valence electrons. The van der Waals surface area contributed by atoms with E-state index in [0.29, 0.717) is 23.0 Å². The average Bonchev–Trinajstić information content (AvgIpc) is 3.24. The number of rotatable bonds is 7. The van der Waals surface area contributed by atoms with Crippen molar-refractivity contribution < 1.29 is 9.59 Å². The van der Waals surface area contributed by atoms with E-state index in [9.17, 15) is 9.59 Å². The summed E-state index contributed by atoms with van der Waals surface area (Å²) < 4.78 is 1.04. The third-order valence-corrected chi connectivity index (χ3v) is 7.20. The first-order valence-electron chi connectivity index (χ1n) is 10.8. The number of halogens is 1. The summed E-state index contributed by atoms with van der Waals surface area (Å²) in [5, 5.41) is 4.74. The number of benzene rings is 1. The van der Waals surface area contributed by atoms with Crippen molar-refractivity contribution in [3.05, 3.63) is 64.3 Å². The Kier molecular flexibility index (Phi) is 7.20. The molecule has 0 aliphatic carbocycles. The molecule has 7 heteroatoms. The van der Waals surface area contributed by atoms with Gasteiger partial charge in [-0.3, -0.25) is 14.6 Å². The molecule has 0 unspecified atom stereocenters. The van der Waals surface area contributed by atoms with E-state index in [4.69, 9.17) is 11.6 Å². The van der Waals surface area contributed by atoms with Gasteiger partial charge in [-0.2, -0.15) is 0 Å². The largest absolute Gasteiger partial charge is 0.351 e. The molecule has 5 nitrogen and oxygen atoms in total. The van der Waals surface area contributed by atoms with Crippen LogP contribution in [0.15, 0.2) is 48.8 Å². The Balaban J connectivity index is 1.13. The zero-order valence-corrected chi connectivity index (χ0v) is 18.9. The predicted octanol–water partition coefficient (Wildman–Crippen LogP) is 5.40. The van der Waals surface area contributed by atoms with E-state index in [2.05, 4.69) is 10.3 Å². The van der Waals surface area contributed by atoms with Crippen LogP contribution in [0, 0.1) is 5.92 Å². The average molecular weight is 456 g/mol. The summed E-state index contributed by atoms with van der Waals surface area (Å²) in [5.41, 5.74) is 0.702. The summed E-state index contributed by atoms with van der Waals surface area (Å²) in [5.74, 6) is 0.741. The van der Waals surface area contributed by atoms with Gasteiger partial charge in [0.15, 0.2) is 0 Å². The van der Waals surface area contributed by atoms with Gasteiger partial charge in [0.2, 0.25) is 0 Å². The number of amides is 2. The van der Waals surface area contributed by atoms with Crippen LogP contribution >= 0.6 is 22.9 Å².